The van der Waals surface area contributed by atoms with E-state index in [9.17, 15) is 13.6 Å². The first-order chi connectivity index (χ1) is 16.0. The fraction of sp³-hybridized carbons (Fsp3) is 0.231. The second-order valence-electron chi connectivity index (χ2n) is 8.13. The van der Waals surface area contributed by atoms with Gasteiger partial charge in [0.25, 0.3) is 0 Å². The van der Waals surface area contributed by atoms with E-state index in [1.807, 2.05) is 36.4 Å². The van der Waals surface area contributed by atoms with Crippen molar-refractivity contribution in [3.05, 3.63) is 83.9 Å². The van der Waals surface area contributed by atoms with Crippen LogP contribution in [0.4, 0.5) is 25.0 Å². The lowest BCUT2D eigenvalue weighted by Gasteiger charge is -2.24. The third-order valence-corrected chi connectivity index (χ3v) is 5.51. The molecule has 0 aliphatic heterocycles. The van der Waals surface area contributed by atoms with Gasteiger partial charge < -0.3 is 10.6 Å². The number of halogens is 2. The van der Waals surface area contributed by atoms with Crippen LogP contribution in [-0.4, -0.2) is 25.7 Å². The minimum atomic E-state index is -0.757. The van der Waals surface area contributed by atoms with Crippen molar-refractivity contribution in [3.63, 3.8) is 0 Å². The predicted molar refractivity (Wildman–Crippen MR) is 125 cm³/mol. The number of nitrogens with zero attached hydrogens (tertiary/aromatic N) is 2. The lowest BCUT2D eigenvalue weighted by molar-refractivity contribution is 0.257. The summed E-state index contributed by atoms with van der Waals surface area (Å²) in [6, 6.07) is 19.3. The quantitative estimate of drug-likeness (QED) is 0.447. The van der Waals surface area contributed by atoms with Gasteiger partial charge in [-0.1, -0.05) is 24.3 Å². The molecular weight excluding hydrogens is 422 g/mol. The average Bonchev–Trinajstić information content (AvgIpc) is 3.63. The van der Waals surface area contributed by atoms with Gasteiger partial charge in [0, 0.05) is 30.5 Å². The Hall–Kier alpha value is -3.76. The summed E-state index contributed by atoms with van der Waals surface area (Å²) in [4.78, 5) is 14.6. The van der Waals surface area contributed by atoms with Crippen molar-refractivity contribution in [2.24, 2.45) is 5.92 Å². The summed E-state index contributed by atoms with van der Waals surface area (Å²) in [6.45, 7) is 1.89. The minimum absolute atomic E-state index is 0.0541. The molecule has 0 heterocycles. The van der Waals surface area contributed by atoms with E-state index in [2.05, 4.69) is 16.7 Å². The maximum Gasteiger partial charge on any atom is 0.326 e. The summed E-state index contributed by atoms with van der Waals surface area (Å²) in [5.74, 6) is -0.801. The number of urea groups is 1. The summed E-state index contributed by atoms with van der Waals surface area (Å²) < 4.78 is 27.1. The molecular formula is C26H24F2N4O. The molecule has 0 unspecified atom stereocenters. The molecule has 0 bridgehead atoms. The van der Waals surface area contributed by atoms with E-state index in [1.54, 1.807) is 12.1 Å². The smallest absolute Gasteiger partial charge is 0.315 e. The van der Waals surface area contributed by atoms with E-state index < -0.39 is 17.7 Å². The number of nitrogens with one attached hydrogen (secondary N) is 2. The monoisotopic (exact) mass is 446 g/mol. The van der Waals surface area contributed by atoms with E-state index in [1.165, 1.54) is 17.7 Å². The molecule has 1 saturated carbocycles. The van der Waals surface area contributed by atoms with E-state index >= 15 is 0 Å². The molecule has 1 aliphatic carbocycles. The molecule has 1 fully saturated rings. The normalized spacial score (nSPS) is 12.8. The van der Waals surface area contributed by atoms with Crippen molar-refractivity contribution in [3.8, 4) is 17.2 Å². The Kier molecular flexibility index (Phi) is 6.96. The van der Waals surface area contributed by atoms with Crippen LogP contribution in [0.5, 0.6) is 0 Å². The molecule has 0 radical (unpaired) electrons. The van der Waals surface area contributed by atoms with Crippen LogP contribution in [0.2, 0.25) is 0 Å². The summed E-state index contributed by atoms with van der Waals surface area (Å²) >= 11 is 0. The largest absolute Gasteiger partial charge is 0.326 e. The van der Waals surface area contributed by atoms with Gasteiger partial charge in [-0.25, -0.2) is 13.6 Å². The van der Waals surface area contributed by atoms with Crippen LogP contribution in [0.15, 0.2) is 66.7 Å². The van der Waals surface area contributed by atoms with Crippen LogP contribution in [-0.2, 0) is 0 Å². The van der Waals surface area contributed by atoms with Gasteiger partial charge in [0.2, 0.25) is 0 Å². The molecule has 2 N–H and O–H groups in total. The van der Waals surface area contributed by atoms with E-state index in [0.717, 1.165) is 35.9 Å². The average molecular weight is 447 g/mol. The first-order valence-corrected chi connectivity index (χ1v) is 10.9. The second-order valence-corrected chi connectivity index (χ2v) is 8.13. The number of nitriles is 1. The number of carbonyl (C=O) groups excluding carboxylic acids is 1. The number of rotatable bonds is 8. The summed E-state index contributed by atoms with van der Waals surface area (Å²) in [7, 11) is 0. The fourth-order valence-electron chi connectivity index (χ4n) is 3.59. The Morgan fingerprint density at radius 3 is 2.39 bits per heavy atom. The maximum absolute atomic E-state index is 13.6. The molecule has 4 rings (SSSR count). The Morgan fingerprint density at radius 1 is 1.00 bits per heavy atom. The number of anilines is 2. The molecule has 2 amide bonds. The van der Waals surface area contributed by atoms with Gasteiger partial charge in [-0.3, -0.25) is 4.90 Å². The first-order valence-electron chi connectivity index (χ1n) is 10.9. The molecule has 0 atom stereocenters. The van der Waals surface area contributed by atoms with Crippen molar-refractivity contribution in [1.29, 1.82) is 5.26 Å². The van der Waals surface area contributed by atoms with Gasteiger partial charge in [-0.2, -0.15) is 5.26 Å². The van der Waals surface area contributed by atoms with Gasteiger partial charge >= 0.3 is 6.03 Å². The summed E-state index contributed by atoms with van der Waals surface area (Å²) in [5, 5.41) is 15.1. The topological polar surface area (TPSA) is 68.2 Å². The molecule has 5 nitrogen and oxygen atoms in total. The van der Waals surface area contributed by atoms with Crippen LogP contribution < -0.4 is 15.5 Å². The van der Waals surface area contributed by atoms with Crippen LogP contribution in [0.3, 0.4) is 0 Å². The lowest BCUT2D eigenvalue weighted by atomic mass is 10.0. The zero-order valence-corrected chi connectivity index (χ0v) is 18.0. The van der Waals surface area contributed by atoms with E-state index in [0.29, 0.717) is 30.3 Å². The number of hydrogen-bond donors (Lipinski definition) is 2. The Morgan fingerprint density at radius 2 is 1.73 bits per heavy atom. The Bertz CT molecular complexity index is 1150. The van der Waals surface area contributed by atoms with Gasteiger partial charge in [0.05, 0.1) is 11.6 Å². The highest BCUT2D eigenvalue weighted by Gasteiger charge is 2.21. The molecule has 33 heavy (non-hydrogen) atoms. The van der Waals surface area contributed by atoms with Crippen LogP contribution in [0.25, 0.3) is 11.1 Å². The van der Waals surface area contributed by atoms with Crippen LogP contribution >= 0.6 is 0 Å². The molecule has 0 aromatic heterocycles. The van der Waals surface area contributed by atoms with Crippen molar-refractivity contribution >= 4 is 17.4 Å². The molecule has 7 heteroatoms. The molecule has 168 valence electrons. The van der Waals surface area contributed by atoms with Crippen molar-refractivity contribution < 1.29 is 13.6 Å². The number of hydrogen-bond acceptors (Lipinski definition) is 3. The summed E-state index contributed by atoms with van der Waals surface area (Å²) in [5.41, 5.74) is 3.09. The third kappa shape index (κ3) is 6.15. The van der Waals surface area contributed by atoms with Gasteiger partial charge in [-0.05, 0) is 72.8 Å². The van der Waals surface area contributed by atoms with Crippen molar-refractivity contribution in [2.45, 2.75) is 12.8 Å². The number of benzene rings is 3. The molecule has 3 aromatic rings. The molecule has 1 aliphatic rings. The highest BCUT2D eigenvalue weighted by atomic mass is 19.1. The lowest BCUT2D eigenvalue weighted by Crippen LogP contribution is -2.40. The Labute approximate surface area is 191 Å². The molecule has 0 spiro atoms. The zero-order chi connectivity index (χ0) is 23.2. The predicted octanol–water partition coefficient (Wildman–Crippen LogP) is 5.54. The number of amides is 2. The van der Waals surface area contributed by atoms with E-state index in [-0.39, 0.29) is 5.69 Å². The highest BCUT2D eigenvalue weighted by Crippen LogP contribution is 2.28. The molecule has 3 aromatic carbocycles. The second kappa shape index (κ2) is 10.2. The first kappa shape index (κ1) is 22.4. The number of carbonyl (C=O) groups is 1. The summed E-state index contributed by atoms with van der Waals surface area (Å²) in [6.07, 6.45) is 2.47. The van der Waals surface area contributed by atoms with Crippen LogP contribution in [0.1, 0.15) is 18.4 Å². The van der Waals surface area contributed by atoms with E-state index in [4.69, 9.17) is 5.26 Å². The van der Waals surface area contributed by atoms with Crippen molar-refractivity contribution in [2.75, 3.05) is 29.9 Å². The standard InChI is InChI=1S/C26H24F2N4O/c27-22-13-23(28)15-24(14-22)31-26(33)32(11-10-30-17-18-4-5-18)25-8-6-20(7-9-25)21-3-1-2-19(12-21)16-29/h1-3,6-9,12-15,18,30H,4-5,10-11,17H2,(H,31,33). The zero-order valence-electron chi connectivity index (χ0n) is 18.0. The fourth-order valence-corrected chi connectivity index (χ4v) is 3.59. The highest BCUT2D eigenvalue weighted by molar-refractivity contribution is 6.01. The minimum Gasteiger partial charge on any atom is -0.315 e. The van der Waals surface area contributed by atoms with Gasteiger partial charge in [0.15, 0.2) is 0 Å². The Balaban J connectivity index is 1.52. The SMILES string of the molecule is N#Cc1cccc(-c2ccc(N(CCNCC3CC3)C(=O)Nc3cc(F)cc(F)c3)cc2)c1. The molecule has 0 saturated heterocycles. The van der Waals surface area contributed by atoms with Gasteiger partial charge in [0.1, 0.15) is 11.6 Å². The van der Waals surface area contributed by atoms with Crippen molar-refractivity contribution in [1.82, 2.24) is 5.32 Å². The van der Waals surface area contributed by atoms with Crippen LogP contribution in [0, 0.1) is 28.9 Å². The maximum atomic E-state index is 13.6. The van der Waals surface area contributed by atoms with Gasteiger partial charge in [-0.15, -0.1) is 0 Å². The third-order valence-electron chi connectivity index (χ3n) is 5.51.